The Morgan fingerprint density at radius 3 is 1.68 bits per heavy atom. The minimum atomic E-state index is -0.685. The standard InChI is InChI=1S/C14H8N2O2Te/c1-3-11(17-7-1)9-5-6-10(12-4-2-8-18-12)14-13(9)15-19-16-14/h1-8H. The van der Waals surface area contributed by atoms with Gasteiger partial charge in [0.25, 0.3) is 0 Å². The van der Waals surface area contributed by atoms with Gasteiger partial charge >= 0.3 is 119 Å². The van der Waals surface area contributed by atoms with E-state index in [0.717, 1.165) is 33.7 Å². The van der Waals surface area contributed by atoms with Crippen molar-refractivity contribution in [3.8, 4) is 22.6 Å². The molecule has 1 aromatic carbocycles. The van der Waals surface area contributed by atoms with Crippen LogP contribution in [0.15, 0.2) is 57.8 Å². The molecule has 0 fully saturated rings. The van der Waals surface area contributed by atoms with Crippen LogP contribution in [0.25, 0.3) is 33.7 Å². The fourth-order valence-electron chi connectivity index (χ4n) is 2.13. The second kappa shape index (κ2) is 4.37. The zero-order chi connectivity index (χ0) is 12.7. The second-order valence-corrected chi connectivity index (χ2v) is 5.58. The molecular formula is C14H8N2O2Te. The van der Waals surface area contributed by atoms with Gasteiger partial charge in [0.05, 0.1) is 0 Å². The van der Waals surface area contributed by atoms with Crippen LogP contribution in [0.1, 0.15) is 0 Å². The van der Waals surface area contributed by atoms with E-state index in [2.05, 4.69) is 6.41 Å². The summed E-state index contributed by atoms with van der Waals surface area (Å²) in [7, 11) is 0. The van der Waals surface area contributed by atoms with Gasteiger partial charge in [-0.25, -0.2) is 0 Å². The molecule has 0 aliphatic rings. The van der Waals surface area contributed by atoms with E-state index in [1.54, 1.807) is 12.5 Å². The van der Waals surface area contributed by atoms with E-state index >= 15 is 0 Å². The van der Waals surface area contributed by atoms with Gasteiger partial charge in [-0.2, -0.15) is 0 Å². The van der Waals surface area contributed by atoms with Crippen molar-refractivity contribution in [2.75, 3.05) is 0 Å². The maximum absolute atomic E-state index is 5.46. The van der Waals surface area contributed by atoms with E-state index in [1.807, 2.05) is 36.4 Å². The van der Waals surface area contributed by atoms with Crippen LogP contribution < -0.4 is 0 Å². The first kappa shape index (κ1) is 11.0. The maximum atomic E-state index is 5.46. The molecule has 0 amide bonds. The van der Waals surface area contributed by atoms with Crippen molar-refractivity contribution in [1.82, 2.24) is 6.41 Å². The molecule has 4 rings (SSSR count). The molecule has 0 bridgehead atoms. The number of benzene rings is 1. The normalized spacial score (nSPS) is 11.2. The summed E-state index contributed by atoms with van der Waals surface area (Å²) in [5.41, 5.74) is 3.88. The summed E-state index contributed by atoms with van der Waals surface area (Å²) >= 11 is -0.685. The van der Waals surface area contributed by atoms with Crippen LogP contribution in [0.5, 0.6) is 0 Å². The van der Waals surface area contributed by atoms with Crippen molar-refractivity contribution in [3.05, 3.63) is 48.9 Å². The zero-order valence-electron chi connectivity index (χ0n) is 9.74. The molecule has 0 saturated carbocycles. The summed E-state index contributed by atoms with van der Waals surface area (Å²) < 4.78 is 20.1. The SMILES string of the molecule is c1coc(-c2ccc(-c3ccco3)c3n[te]nc23)c1. The number of rotatable bonds is 2. The topological polar surface area (TPSA) is 52.1 Å². The molecule has 0 spiro atoms. The summed E-state index contributed by atoms with van der Waals surface area (Å²) in [5.74, 6) is 1.66. The summed E-state index contributed by atoms with van der Waals surface area (Å²) in [6.45, 7) is 0. The summed E-state index contributed by atoms with van der Waals surface area (Å²) in [5, 5.41) is 0. The van der Waals surface area contributed by atoms with Gasteiger partial charge in [-0.1, -0.05) is 0 Å². The van der Waals surface area contributed by atoms with Gasteiger partial charge in [-0.3, -0.25) is 0 Å². The predicted molar refractivity (Wildman–Crippen MR) is 71.9 cm³/mol. The van der Waals surface area contributed by atoms with Crippen molar-refractivity contribution >= 4 is 32.0 Å². The molecule has 3 aromatic heterocycles. The van der Waals surface area contributed by atoms with Crippen LogP contribution in [0.3, 0.4) is 0 Å². The van der Waals surface area contributed by atoms with Gasteiger partial charge < -0.3 is 0 Å². The van der Waals surface area contributed by atoms with Crippen molar-refractivity contribution in [1.29, 1.82) is 0 Å². The van der Waals surface area contributed by atoms with Crippen LogP contribution in [0, 0.1) is 0 Å². The number of nitrogens with zero attached hydrogens (tertiary/aromatic N) is 2. The van der Waals surface area contributed by atoms with Crippen LogP contribution in [0.2, 0.25) is 0 Å². The fraction of sp³-hybridized carbons (Fsp3) is 0. The number of hydrogen-bond acceptors (Lipinski definition) is 4. The average Bonchev–Trinajstić information content (AvgIpc) is 3.19. The van der Waals surface area contributed by atoms with Gasteiger partial charge in [0.2, 0.25) is 0 Å². The van der Waals surface area contributed by atoms with Gasteiger partial charge in [0.1, 0.15) is 0 Å². The first-order valence-corrected chi connectivity index (χ1v) is 7.85. The zero-order valence-corrected chi connectivity index (χ0v) is 12.1. The van der Waals surface area contributed by atoms with E-state index in [9.17, 15) is 0 Å². The number of aromatic nitrogens is 2. The third-order valence-corrected chi connectivity index (χ3v) is 4.50. The summed E-state index contributed by atoms with van der Waals surface area (Å²) in [4.78, 5) is 0. The molecule has 19 heavy (non-hydrogen) atoms. The van der Waals surface area contributed by atoms with Gasteiger partial charge in [0.15, 0.2) is 0 Å². The fourth-order valence-corrected chi connectivity index (χ4v) is 3.77. The van der Waals surface area contributed by atoms with Crippen LogP contribution in [0.4, 0.5) is 0 Å². The first-order valence-electron chi connectivity index (χ1n) is 5.76. The Hall–Kier alpha value is -1.83. The van der Waals surface area contributed by atoms with Crippen LogP contribution in [-0.4, -0.2) is 27.4 Å². The van der Waals surface area contributed by atoms with Gasteiger partial charge in [-0.15, -0.1) is 0 Å². The minimum absolute atomic E-state index is 0.685. The van der Waals surface area contributed by atoms with Crippen molar-refractivity contribution in [2.24, 2.45) is 0 Å². The monoisotopic (exact) mass is 366 g/mol. The molecule has 0 radical (unpaired) electrons. The molecule has 92 valence electrons. The molecule has 3 heterocycles. The molecule has 5 heteroatoms. The van der Waals surface area contributed by atoms with E-state index in [0.29, 0.717) is 0 Å². The molecule has 0 atom stereocenters. The number of hydrogen-bond donors (Lipinski definition) is 0. The molecule has 0 saturated heterocycles. The second-order valence-electron chi connectivity index (χ2n) is 4.08. The Balaban J connectivity index is 2.01. The summed E-state index contributed by atoms with van der Waals surface area (Å²) in [6, 6.07) is 11.7. The van der Waals surface area contributed by atoms with Crippen LogP contribution >= 0.6 is 0 Å². The Bertz CT molecular complexity index is 748. The van der Waals surface area contributed by atoms with Crippen molar-refractivity contribution < 1.29 is 8.83 Å². The molecule has 4 aromatic rings. The van der Waals surface area contributed by atoms with Gasteiger partial charge in [0, 0.05) is 0 Å². The van der Waals surface area contributed by atoms with Crippen molar-refractivity contribution in [3.63, 3.8) is 0 Å². The van der Waals surface area contributed by atoms with Crippen LogP contribution in [-0.2, 0) is 0 Å². The van der Waals surface area contributed by atoms with Crippen molar-refractivity contribution in [2.45, 2.75) is 0 Å². The molecule has 0 aliphatic heterocycles. The third kappa shape index (κ3) is 1.74. The number of furan rings is 2. The Morgan fingerprint density at radius 2 is 1.26 bits per heavy atom. The first-order chi connectivity index (χ1) is 9.43. The summed E-state index contributed by atoms with van der Waals surface area (Å²) in [6.07, 6.45) is 3.34. The molecular weight excluding hydrogens is 356 g/mol. The van der Waals surface area contributed by atoms with E-state index in [-0.39, 0.29) is 0 Å². The van der Waals surface area contributed by atoms with E-state index in [4.69, 9.17) is 8.83 Å². The van der Waals surface area contributed by atoms with E-state index < -0.39 is 21.0 Å². The quantitative estimate of drug-likeness (QED) is 0.513. The molecule has 4 nitrogen and oxygen atoms in total. The predicted octanol–water partition coefficient (Wildman–Crippen LogP) is 3.21. The molecule has 0 N–H and O–H groups in total. The third-order valence-electron chi connectivity index (χ3n) is 2.99. The van der Waals surface area contributed by atoms with E-state index in [1.165, 1.54) is 0 Å². The Kier molecular flexibility index (Phi) is 2.54. The van der Waals surface area contributed by atoms with Gasteiger partial charge in [-0.05, 0) is 0 Å². The molecule has 0 unspecified atom stereocenters. The Morgan fingerprint density at radius 1 is 0.737 bits per heavy atom. The average molecular weight is 364 g/mol. The Labute approximate surface area is 119 Å². The molecule has 0 aliphatic carbocycles. The number of fused-ring (bicyclic) bond motifs is 1.